The fraction of sp³-hybridized carbons (Fsp3) is 0.286. The molecule has 2 heterocycles. The second-order valence-electron chi connectivity index (χ2n) is 5.01. The number of benzene rings is 1. The number of para-hydroxylation sites is 1. The summed E-state index contributed by atoms with van der Waals surface area (Å²) in [6, 6.07) is 7.03. The molecule has 1 atom stereocenters. The third-order valence-electron chi connectivity index (χ3n) is 3.58. The molecule has 0 saturated carbocycles. The van der Waals surface area contributed by atoms with Gasteiger partial charge < -0.3 is 4.90 Å². The van der Waals surface area contributed by atoms with Gasteiger partial charge in [-0.25, -0.2) is 0 Å². The zero-order chi connectivity index (χ0) is 15.2. The van der Waals surface area contributed by atoms with Gasteiger partial charge >= 0.3 is 6.18 Å². The van der Waals surface area contributed by atoms with Crippen LogP contribution < -0.4 is 4.90 Å². The van der Waals surface area contributed by atoms with Crippen molar-refractivity contribution in [1.82, 2.24) is 10.2 Å². The lowest BCUT2D eigenvalue weighted by Crippen LogP contribution is -2.36. The minimum atomic E-state index is -4.63. The predicted molar refractivity (Wildman–Crippen MR) is 70.0 cm³/mol. The van der Waals surface area contributed by atoms with Crippen LogP contribution in [0.15, 0.2) is 30.5 Å². The van der Waals surface area contributed by atoms with Crippen LogP contribution in [0, 0.1) is 0 Å². The zero-order valence-electron chi connectivity index (χ0n) is 11.1. The molecule has 1 N–H and O–H groups in total. The molecular formula is C14H12F3N3O. The van der Waals surface area contributed by atoms with Crippen molar-refractivity contribution in [3.05, 3.63) is 47.3 Å². The number of anilines is 1. The first-order valence-corrected chi connectivity index (χ1v) is 6.41. The Hall–Kier alpha value is -2.31. The molecule has 0 aliphatic carbocycles. The van der Waals surface area contributed by atoms with Gasteiger partial charge in [0, 0.05) is 11.7 Å². The summed E-state index contributed by atoms with van der Waals surface area (Å²) in [4.78, 5) is 13.9. The number of aromatic nitrogens is 2. The fourth-order valence-corrected chi connectivity index (χ4v) is 2.67. The van der Waals surface area contributed by atoms with Gasteiger partial charge in [0.2, 0.25) is 0 Å². The van der Waals surface area contributed by atoms with E-state index in [1.54, 1.807) is 12.1 Å². The molecule has 110 valence electrons. The minimum absolute atomic E-state index is 0.189. The van der Waals surface area contributed by atoms with Gasteiger partial charge in [-0.2, -0.15) is 18.3 Å². The number of H-pyrrole nitrogens is 1. The Bertz CT molecular complexity index is 693. The lowest BCUT2D eigenvalue weighted by Gasteiger charge is -2.22. The average Bonchev–Trinajstić information content (AvgIpc) is 3.00. The summed E-state index contributed by atoms with van der Waals surface area (Å²) < 4.78 is 38.6. The van der Waals surface area contributed by atoms with Gasteiger partial charge in [-0.1, -0.05) is 18.2 Å². The summed E-state index contributed by atoms with van der Waals surface area (Å²) in [7, 11) is 0. The van der Waals surface area contributed by atoms with Crippen LogP contribution in [-0.4, -0.2) is 22.1 Å². The number of carbonyl (C=O) groups is 1. The molecule has 4 nitrogen and oxygen atoms in total. The van der Waals surface area contributed by atoms with Gasteiger partial charge in [-0.05, 0) is 25.0 Å². The number of hydrogen-bond acceptors (Lipinski definition) is 2. The summed E-state index contributed by atoms with van der Waals surface area (Å²) in [5, 5.41) is 5.24. The van der Waals surface area contributed by atoms with Crippen LogP contribution in [0.25, 0.3) is 0 Å². The molecule has 1 aromatic heterocycles. The Morgan fingerprint density at radius 1 is 1.38 bits per heavy atom. The number of alkyl halides is 3. The Labute approximate surface area is 118 Å². The van der Waals surface area contributed by atoms with E-state index >= 15 is 0 Å². The van der Waals surface area contributed by atoms with E-state index in [9.17, 15) is 18.0 Å². The van der Waals surface area contributed by atoms with E-state index in [1.165, 1.54) is 4.90 Å². The van der Waals surface area contributed by atoms with Crippen molar-refractivity contribution >= 4 is 11.6 Å². The summed E-state index contributed by atoms with van der Waals surface area (Å²) in [5.41, 5.74) is 0.0508. The summed E-state index contributed by atoms with van der Waals surface area (Å²) in [6.45, 7) is 1.81. The van der Waals surface area contributed by atoms with Crippen LogP contribution in [0.3, 0.4) is 0 Å². The molecule has 1 unspecified atom stereocenters. The Balaban J connectivity index is 2.02. The van der Waals surface area contributed by atoms with E-state index in [2.05, 4.69) is 5.10 Å². The molecule has 0 fully saturated rings. The molecule has 7 heteroatoms. The molecule has 1 aliphatic heterocycles. The molecule has 2 aromatic rings. The first kappa shape index (κ1) is 13.7. The lowest BCUT2D eigenvalue weighted by molar-refractivity contribution is -0.141. The van der Waals surface area contributed by atoms with Crippen LogP contribution in [0.1, 0.15) is 28.5 Å². The first-order valence-electron chi connectivity index (χ1n) is 6.41. The number of rotatable bonds is 1. The Kier molecular flexibility index (Phi) is 3.00. The van der Waals surface area contributed by atoms with Crippen molar-refractivity contribution in [3.63, 3.8) is 0 Å². The van der Waals surface area contributed by atoms with E-state index in [-0.39, 0.29) is 6.04 Å². The third-order valence-corrected chi connectivity index (χ3v) is 3.58. The molecule has 1 aromatic carbocycles. The molecule has 3 rings (SSSR count). The van der Waals surface area contributed by atoms with Crippen molar-refractivity contribution in [2.45, 2.75) is 25.6 Å². The number of fused-ring (bicyclic) bond motifs is 1. The van der Waals surface area contributed by atoms with Crippen LogP contribution >= 0.6 is 0 Å². The van der Waals surface area contributed by atoms with Crippen LogP contribution in [0.5, 0.6) is 0 Å². The van der Waals surface area contributed by atoms with Crippen molar-refractivity contribution in [3.8, 4) is 0 Å². The quantitative estimate of drug-likeness (QED) is 0.879. The SMILES string of the molecule is CC1Cc2ccccc2N1C(=O)c1cn[nH]c1C(F)(F)F. The van der Waals surface area contributed by atoms with Crippen molar-refractivity contribution < 1.29 is 18.0 Å². The molecule has 0 saturated heterocycles. The van der Waals surface area contributed by atoms with Crippen molar-refractivity contribution in [2.75, 3.05) is 4.90 Å². The highest BCUT2D eigenvalue weighted by Gasteiger charge is 2.40. The number of carbonyl (C=O) groups excluding carboxylic acids is 1. The molecular weight excluding hydrogens is 283 g/mol. The number of amides is 1. The zero-order valence-corrected chi connectivity index (χ0v) is 11.1. The Morgan fingerprint density at radius 2 is 2.10 bits per heavy atom. The van der Waals surface area contributed by atoms with E-state index in [1.807, 2.05) is 24.2 Å². The number of nitrogens with zero attached hydrogens (tertiary/aromatic N) is 2. The summed E-state index contributed by atoms with van der Waals surface area (Å²) >= 11 is 0. The topological polar surface area (TPSA) is 49.0 Å². The van der Waals surface area contributed by atoms with E-state index in [0.29, 0.717) is 12.1 Å². The fourth-order valence-electron chi connectivity index (χ4n) is 2.67. The van der Waals surface area contributed by atoms with E-state index < -0.39 is 23.3 Å². The third kappa shape index (κ3) is 2.18. The maximum absolute atomic E-state index is 12.9. The summed E-state index contributed by atoms with van der Waals surface area (Å²) in [5.74, 6) is -0.687. The van der Waals surface area contributed by atoms with Gasteiger partial charge in [-0.3, -0.25) is 9.89 Å². The maximum atomic E-state index is 12.9. The highest BCUT2D eigenvalue weighted by Crippen LogP contribution is 2.36. The largest absolute Gasteiger partial charge is 0.433 e. The summed E-state index contributed by atoms with van der Waals surface area (Å²) in [6.07, 6.45) is -3.08. The molecule has 1 aliphatic rings. The molecule has 0 radical (unpaired) electrons. The van der Waals surface area contributed by atoms with Gasteiger partial charge in [0.15, 0.2) is 5.69 Å². The average molecular weight is 295 g/mol. The minimum Gasteiger partial charge on any atom is -0.305 e. The molecule has 1 amide bonds. The smallest absolute Gasteiger partial charge is 0.305 e. The normalized spacial score (nSPS) is 17.9. The highest BCUT2D eigenvalue weighted by atomic mass is 19.4. The van der Waals surface area contributed by atoms with Crippen LogP contribution in [-0.2, 0) is 12.6 Å². The first-order chi connectivity index (χ1) is 9.89. The molecule has 0 spiro atoms. The molecule has 21 heavy (non-hydrogen) atoms. The van der Waals surface area contributed by atoms with Crippen LogP contribution in [0.4, 0.5) is 18.9 Å². The standard InChI is InChI=1S/C14H12F3N3O/c1-8-6-9-4-2-3-5-11(9)20(8)13(21)10-7-18-19-12(10)14(15,16)17/h2-5,7-8H,6H2,1H3,(H,18,19). The van der Waals surface area contributed by atoms with Crippen molar-refractivity contribution in [1.29, 1.82) is 0 Å². The number of halogens is 3. The predicted octanol–water partition coefficient (Wildman–Crippen LogP) is 3.02. The van der Waals surface area contributed by atoms with Gasteiger partial charge in [-0.15, -0.1) is 0 Å². The van der Waals surface area contributed by atoms with Gasteiger partial charge in [0.1, 0.15) is 0 Å². The second-order valence-corrected chi connectivity index (χ2v) is 5.01. The van der Waals surface area contributed by atoms with Crippen LogP contribution in [0.2, 0.25) is 0 Å². The Morgan fingerprint density at radius 3 is 2.81 bits per heavy atom. The number of aromatic amines is 1. The van der Waals surface area contributed by atoms with E-state index in [4.69, 9.17) is 0 Å². The molecule has 0 bridgehead atoms. The number of hydrogen-bond donors (Lipinski definition) is 1. The second kappa shape index (κ2) is 4.61. The highest BCUT2D eigenvalue weighted by molar-refractivity contribution is 6.08. The van der Waals surface area contributed by atoms with E-state index in [0.717, 1.165) is 11.8 Å². The van der Waals surface area contributed by atoms with Gasteiger partial charge in [0.25, 0.3) is 5.91 Å². The number of nitrogens with one attached hydrogen (secondary N) is 1. The van der Waals surface area contributed by atoms with Crippen molar-refractivity contribution in [2.24, 2.45) is 0 Å². The maximum Gasteiger partial charge on any atom is 0.433 e. The van der Waals surface area contributed by atoms with Gasteiger partial charge in [0.05, 0.1) is 11.8 Å². The monoisotopic (exact) mass is 295 g/mol. The lowest BCUT2D eigenvalue weighted by atomic mass is 10.1.